The average Bonchev–Trinajstić information content (AvgIpc) is 3.09. The van der Waals surface area contributed by atoms with Crippen LogP contribution in [0, 0.1) is 0 Å². The van der Waals surface area contributed by atoms with E-state index in [9.17, 15) is 9.59 Å². The van der Waals surface area contributed by atoms with Gasteiger partial charge in [-0.1, -0.05) is 59.1 Å². The number of thioether (sulfide) groups is 1. The summed E-state index contributed by atoms with van der Waals surface area (Å²) >= 11 is 19.2. The Hall–Kier alpha value is -2.64. The Morgan fingerprint density at radius 2 is 1.63 bits per heavy atom. The van der Waals surface area contributed by atoms with Gasteiger partial charge in [-0.05, 0) is 72.3 Å². The van der Waals surface area contributed by atoms with E-state index in [0.29, 0.717) is 55.8 Å². The number of ether oxygens (including phenoxy) is 2. The minimum Gasteiger partial charge on any atom is -0.490 e. The Labute approximate surface area is 222 Å². The lowest BCUT2D eigenvalue weighted by Gasteiger charge is -2.15. The van der Waals surface area contributed by atoms with Crippen LogP contribution in [0.25, 0.3) is 6.08 Å². The smallest absolute Gasteiger partial charge is 0.293 e. The van der Waals surface area contributed by atoms with Crippen LogP contribution in [0.1, 0.15) is 23.6 Å². The highest BCUT2D eigenvalue weighted by Gasteiger charge is 2.35. The molecule has 1 heterocycles. The molecule has 0 aromatic heterocycles. The number of halogens is 3. The van der Waals surface area contributed by atoms with Crippen LogP contribution in [0.4, 0.5) is 4.79 Å². The zero-order valence-corrected chi connectivity index (χ0v) is 21.7. The number of benzene rings is 3. The summed E-state index contributed by atoms with van der Waals surface area (Å²) in [6, 6.07) is 17.8. The van der Waals surface area contributed by atoms with Crippen molar-refractivity contribution in [1.29, 1.82) is 0 Å². The summed E-state index contributed by atoms with van der Waals surface area (Å²) in [5.74, 6) is 0.703. The first kappa shape index (κ1) is 25.5. The highest BCUT2D eigenvalue weighted by atomic mass is 35.5. The second kappa shape index (κ2) is 11.4. The number of carbonyl (C=O) groups excluding carboxylic acids is 2. The van der Waals surface area contributed by atoms with Gasteiger partial charge in [0.05, 0.1) is 18.1 Å². The molecule has 0 bridgehead atoms. The second-order valence-electron chi connectivity index (χ2n) is 7.52. The maximum absolute atomic E-state index is 13.0. The van der Waals surface area contributed by atoms with E-state index in [2.05, 4.69) is 0 Å². The molecule has 0 unspecified atom stereocenters. The molecule has 2 amide bonds. The zero-order valence-electron chi connectivity index (χ0n) is 18.6. The molecule has 1 aliphatic heterocycles. The van der Waals surface area contributed by atoms with E-state index < -0.39 is 5.91 Å². The Kier molecular flexibility index (Phi) is 8.29. The van der Waals surface area contributed by atoms with Crippen LogP contribution >= 0.6 is 46.6 Å². The topological polar surface area (TPSA) is 55.8 Å². The fourth-order valence-corrected chi connectivity index (χ4v) is 4.85. The van der Waals surface area contributed by atoms with Gasteiger partial charge in [-0.25, -0.2) is 0 Å². The first-order valence-corrected chi connectivity index (χ1v) is 12.6. The number of nitrogens with zero attached hydrogens (tertiary/aromatic N) is 1. The van der Waals surface area contributed by atoms with E-state index in [-0.39, 0.29) is 11.8 Å². The van der Waals surface area contributed by atoms with Crippen molar-refractivity contribution in [2.75, 3.05) is 6.61 Å². The fraction of sp³-hybridized carbons (Fsp3) is 0.154. The summed E-state index contributed by atoms with van der Waals surface area (Å²) in [6.07, 6.45) is 1.66. The van der Waals surface area contributed by atoms with Gasteiger partial charge in [-0.2, -0.15) is 0 Å². The van der Waals surface area contributed by atoms with Crippen molar-refractivity contribution in [3.05, 3.63) is 97.3 Å². The SMILES string of the molecule is CCOc1cc(C=C2SC(=O)N(Cc3c(Cl)cccc3Cl)C2=O)ccc1OCc1ccc(Cl)cc1. The Bertz CT molecular complexity index is 1270. The van der Waals surface area contributed by atoms with Crippen LogP contribution in [0.2, 0.25) is 15.1 Å². The summed E-state index contributed by atoms with van der Waals surface area (Å²) in [5.41, 5.74) is 2.20. The van der Waals surface area contributed by atoms with E-state index >= 15 is 0 Å². The molecule has 1 saturated heterocycles. The van der Waals surface area contributed by atoms with Gasteiger partial charge in [0.1, 0.15) is 6.61 Å². The molecular weight excluding hydrogens is 529 g/mol. The van der Waals surface area contributed by atoms with Crippen molar-refractivity contribution in [2.45, 2.75) is 20.1 Å². The van der Waals surface area contributed by atoms with Crippen LogP contribution in [0.15, 0.2) is 65.6 Å². The molecule has 180 valence electrons. The molecule has 9 heteroatoms. The molecular formula is C26H20Cl3NO4S. The summed E-state index contributed by atoms with van der Waals surface area (Å²) < 4.78 is 11.7. The lowest BCUT2D eigenvalue weighted by molar-refractivity contribution is -0.123. The van der Waals surface area contributed by atoms with E-state index in [1.165, 1.54) is 0 Å². The molecule has 0 N–H and O–H groups in total. The molecule has 4 rings (SSSR count). The number of rotatable bonds is 8. The first-order valence-electron chi connectivity index (χ1n) is 10.7. The minimum absolute atomic E-state index is 0.00217. The Morgan fingerprint density at radius 3 is 2.31 bits per heavy atom. The van der Waals surface area contributed by atoms with Gasteiger partial charge in [0.25, 0.3) is 11.1 Å². The molecule has 1 aliphatic rings. The van der Waals surface area contributed by atoms with Gasteiger partial charge in [0.2, 0.25) is 0 Å². The van der Waals surface area contributed by atoms with Gasteiger partial charge < -0.3 is 9.47 Å². The molecule has 5 nitrogen and oxygen atoms in total. The third-order valence-electron chi connectivity index (χ3n) is 5.12. The van der Waals surface area contributed by atoms with Gasteiger partial charge >= 0.3 is 0 Å². The predicted octanol–water partition coefficient (Wildman–Crippen LogP) is 7.86. The monoisotopic (exact) mass is 547 g/mol. The number of imide groups is 1. The van der Waals surface area contributed by atoms with E-state index in [4.69, 9.17) is 44.3 Å². The summed E-state index contributed by atoms with van der Waals surface area (Å²) in [4.78, 5) is 27.0. The summed E-state index contributed by atoms with van der Waals surface area (Å²) in [6.45, 7) is 2.67. The number of amides is 2. The molecule has 0 radical (unpaired) electrons. The molecule has 3 aromatic carbocycles. The second-order valence-corrected chi connectivity index (χ2v) is 9.77. The predicted molar refractivity (Wildman–Crippen MR) is 141 cm³/mol. The standard InChI is InChI=1S/C26H20Cl3NO4S/c1-2-33-23-12-17(8-11-22(23)34-15-16-6-9-18(27)10-7-16)13-24-25(31)30(26(32)35-24)14-19-20(28)4-3-5-21(19)29/h3-13H,2,14-15H2,1H3. The molecule has 0 spiro atoms. The number of carbonyl (C=O) groups is 2. The van der Waals surface area contributed by atoms with Crippen LogP contribution in [-0.2, 0) is 17.9 Å². The van der Waals surface area contributed by atoms with Crippen molar-refractivity contribution in [3.8, 4) is 11.5 Å². The third-order valence-corrected chi connectivity index (χ3v) is 6.99. The minimum atomic E-state index is -0.406. The van der Waals surface area contributed by atoms with Crippen LogP contribution < -0.4 is 9.47 Å². The van der Waals surface area contributed by atoms with E-state index in [1.807, 2.05) is 19.1 Å². The van der Waals surface area contributed by atoms with Gasteiger partial charge in [0.15, 0.2) is 11.5 Å². The van der Waals surface area contributed by atoms with Gasteiger partial charge in [-0.15, -0.1) is 0 Å². The van der Waals surface area contributed by atoms with Crippen molar-refractivity contribution in [1.82, 2.24) is 4.90 Å². The summed E-state index contributed by atoms with van der Waals surface area (Å²) in [5, 5.41) is 1.07. The maximum atomic E-state index is 13.0. The molecule has 3 aromatic rings. The van der Waals surface area contributed by atoms with E-state index in [0.717, 1.165) is 22.2 Å². The Balaban J connectivity index is 1.52. The quantitative estimate of drug-likeness (QED) is 0.268. The molecule has 1 fully saturated rings. The number of hydrogen-bond acceptors (Lipinski definition) is 5. The number of hydrogen-bond donors (Lipinski definition) is 0. The van der Waals surface area contributed by atoms with Crippen LogP contribution in [0.5, 0.6) is 11.5 Å². The average molecular weight is 549 g/mol. The Morgan fingerprint density at radius 1 is 0.914 bits per heavy atom. The highest BCUT2D eigenvalue weighted by molar-refractivity contribution is 8.18. The highest BCUT2D eigenvalue weighted by Crippen LogP contribution is 2.37. The molecule has 0 aliphatic carbocycles. The van der Waals surface area contributed by atoms with Crippen molar-refractivity contribution in [2.24, 2.45) is 0 Å². The first-order chi connectivity index (χ1) is 16.9. The maximum Gasteiger partial charge on any atom is 0.293 e. The van der Waals surface area contributed by atoms with Crippen molar-refractivity contribution in [3.63, 3.8) is 0 Å². The zero-order chi connectivity index (χ0) is 24.9. The lowest BCUT2D eigenvalue weighted by atomic mass is 10.1. The summed E-state index contributed by atoms with van der Waals surface area (Å²) in [7, 11) is 0. The normalized spacial score (nSPS) is 14.6. The molecule has 0 atom stereocenters. The van der Waals surface area contributed by atoms with Gasteiger partial charge in [-0.3, -0.25) is 14.5 Å². The lowest BCUT2D eigenvalue weighted by Crippen LogP contribution is -2.27. The largest absolute Gasteiger partial charge is 0.490 e. The van der Waals surface area contributed by atoms with Crippen LogP contribution in [-0.4, -0.2) is 22.7 Å². The van der Waals surface area contributed by atoms with Crippen molar-refractivity contribution < 1.29 is 19.1 Å². The fourth-order valence-electron chi connectivity index (χ4n) is 3.37. The van der Waals surface area contributed by atoms with Crippen LogP contribution in [0.3, 0.4) is 0 Å². The molecule has 0 saturated carbocycles. The third kappa shape index (κ3) is 6.14. The van der Waals surface area contributed by atoms with Crippen molar-refractivity contribution >= 4 is 63.8 Å². The van der Waals surface area contributed by atoms with E-state index in [1.54, 1.807) is 54.6 Å². The molecule has 35 heavy (non-hydrogen) atoms. The van der Waals surface area contributed by atoms with Gasteiger partial charge in [0, 0.05) is 20.6 Å².